The Labute approximate surface area is 143 Å². The molecule has 0 radical (unpaired) electrons. The van der Waals surface area contributed by atoms with Crippen LogP contribution < -0.4 is 14.2 Å². The highest BCUT2D eigenvalue weighted by Gasteiger charge is 2.14. The SMILES string of the molecule is COc1ccc(S(=O)(=O)NCc2ccc(OC(C)C)c(C)c2)cc1. The van der Waals surface area contributed by atoms with E-state index >= 15 is 0 Å². The van der Waals surface area contributed by atoms with E-state index in [2.05, 4.69) is 4.72 Å². The van der Waals surface area contributed by atoms with Crippen molar-refractivity contribution in [2.75, 3.05) is 7.11 Å². The van der Waals surface area contributed by atoms with E-state index in [1.54, 1.807) is 12.1 Å². The summed E-state index contributed by atoms with van der Waals surface area (Å²) in [5.41, 5.74) is 1.85. The van der Waals surface area contributed by atoms with Crippen LogP contribution in [0.5, 0.6) is 11.5 Å². The molecule has 0 aliphatic heterocycles. The molecule has 0 aliphatic carbocycles. The van der Waals surface area contributed by atoms with Crippen molar-refractivity contribution in [3.8, 4) is 11.5 Å². The van der Waals surface area contributed by atoms with Crippen molar-refractivity contribution in [1.82, 2.24) is 4.72 Å². The van der Waals surface area contributed by atoms with E-state index in [0.29, 0.717) is 5.75 Å². The van der Waals surface area contributed by atoms with Gasteiger partial charge in [0.2, 0.25) is 10.0 Å². The van der Waals surface area contributed by atoms with Gasteiger partial charge >= 0.3 is 0 Å². The number of hydrogen-bond donors (Lipinski definition) is 1. The molecule has 0 saturated carbocycles. The van der Waals surface area contributed by atoms with E-state index in [1.165, 1.54) is 19.2 Å². The molecule has 2 aromatic rings. The van der Waals surface area contributed by atoms with Gasteiger partial charge in [0.15, 0.2) is 0 Å². The zero-order chi connectivity index (χ0) is 17.7. The van der Waals surface area contributed by atoms with E-state index in [9.17, 15) is 8.42 Å². The van der Waals surface area contributed by atoms with Crippen LogP contribution in [0.3, 0.4) is 0 Å². The summed E-state index contributed by atoms with van der Waals surface area (Å²) < 4.78 is 38.0. The molecule has 2 aromatic carbocycles. The fourth-order valence-corrected chi connectivity index (χ4v) is 3.24. The molecule has 0 amide bonds. The third kappa shape index (κ3) is 4.72. The lowest BCUT2D eigenvalue weighted by Crippen LogP contribution is -2.23. The van der Waals surface area contributed by atoms with Crippen molar-refractivity contribution < 1.29 is 17.9 Å². The lowest BCUT2D eigenvalue weighted by Gasteiger charge is -2.14. The molecule has 0 unspecified atom stereocenters. The van der Waals surface area contributed by atoms with Crippen LogP contribution in [0.4, 0.5) is 0 Å². The molecule has 5 nitrogen and oxygen atoms in total. The second-order valence-electron chi connectivity index (χ2n) is 5.77. The van der Waals surface area contributed by atoms with Gasteiger partial charge in [0.25, 0.3) is 0 Å². The maximum Gasteiger partial charge on any atom is 0.240 e. The Morgan fingerprint density at radius 3 is 2.29 bits per heavy atom. The Kier molecular flexibility index (Phi) is 5.85. The van der Waals surface area contributed by atoms with Crippen LogP contribution in [0.15, 0.2) is 47.4 Å². The van der Waals surface area contributed by atoms with Crippen molar-refractivity contribution in [2.24, 2.45) is 0 Å². The fourth-order valence-electron chi connectivity index (χ4n) is 2.22. The maximum absolute atomic E-state index is 12.3. The van der Waals surface area contributed by atoms with E-state index in [1.807, 2.05) is 39.0 Å². The second kappa shape index (κ2) is 7.68. The lowest BCUT2D eigenvalue weighted by atomic mass is 10.1. The normalized spacial score (nSPS) is 11.5. The van der Waals surface area contributed by atoms with Gasteiger partial charge in [-0.05, 0) is 62.2 Å². The third-order valence-electron chi connectivity index (χ3n) is 3.44. The molecule has 0 bridgehead atoms. The average Bonchev–Trinajstić information content (AvgIpc) is 2.55. The Morgan fingerprint density at radius 1 is 1.08 bits per heavy atom. The molecule has 130 valence electrons. The number of benzene rings is 2. The van der Waals surface area contributed by atoms with Gasteiger partial charge in [0.1, 0.15) is 11.5 Å². The summed E-state index contributed by atoms with van der Waals surface area (Å²) in [6.45, 7) is 6.10. The predicted molar refractivity (Wildman–Crippen MR) is 94.0 cm³/mol. The standard InChI is InChI=1S/C18H23NO4S/c1-13(2)23-18-10-5-15(11-14(18)3)12-19-24(20,21)17-8-6-16(22-4)7-9-17/h5-11,13,19H,12H2,1-4H3. The summed E-state index contributed by atoms with van der Waals surface area (Å²) in [4.78, 5) is 0.208. The first-order valence-electron chi connectivity index (χ1n) is 7.71. The minimum atomic E-state index is -3.56. The summed E-state index contributed by atoms with van der Waals surface area (Å²) in [5, 5.41) is 0. The largest absolute Gasteiger partial charge is 0.497 e. The molecule has 6 heteroatoms. The fraction of sp³-hybridized carbons (Fsp3) is 0.333. The molecule has 0 aromatic heterocycles. The molecule has 2 rings (SSSR count). The van der Waals surface area contributed by atoms with Crippen LogP contribution in [0, 0.1) is 6.92 Å². The Hall–Kier alpha value is -2.05. The zero-order valence-corrected chi connectivity index (χ0v) is 15.2. The van der Waals surface area contributed by atoms with Crippen molar-refractivity contribution in [3.05, 3.63) is 53.6 Å². The van der Waals surface area contributed by atoms with Crippen molar-refractivity contribution in [2.45, 2.75) is 38.3 Å². The van der Waals surface area contributed by atoms with Crippen LogP contribution in [-0.4, -0.2) is 21.6 Å². The van der Waals surface area contributed by atoms with E-state index < -0.39 is 10.0 Å². The second-order valence-corrected chi connectivity index (χ2v) is 7.53. The number of ether oxygens (including phenoxy) is 2. The van der Waals surface area contributed by atoms with Crippen LogP contribution in [0.1, 0.15) is 25.0 Å². The molecule has 0 spiro atoms. The van der Waals surface area contributed by atoms with Crippen LogP contribution >= 0.6 is 0 Å². The summed E-state index contributed by atoms with van der Waals surface area (Å²) >= 11 is 0. The molecule has 0 heterocycles. The molecular formula is C18H23NO4S. The molecule has 0 aliphatic rings. The summed E-state index contributed by atoms with van der Waals surface area (Å²) in [7, 11) is -2.02. The Bertz CT molecular complexity index is 783. The molecular weight excluding hydrogens is 326 g/mol. The predicted octanol–water partition coefficient (Wildman–Crippen LogP) is 3.27. The van der Waals surface area contributed by atoms with Gasteiger partial charge < -0.3 is 9.47 Å². The monoisotopic (exact) mass is 349 g/mol. The lowest BCUT2D eigenvalue weighted by molar-refractivity contribution is 0.240. The number of nitrogens with one attached hydrogen (secondary N) is 1. The number of hydrogen-bond acceptors (Lipinski definition) is 4. The molecule has 1 N–H and O–H groups in total. The topological polar surface area (TPSA) is 64.6 Å². The quantitative estimate of drug-likeness (QED) is 0.833. The van der Waals surface area contributed by atoms with Crippen molar-refractivity contribution in [3.63, 3.8) is 0 Å². The van der Waals surface area contributed by atoms with Gasteiger partial charge in [-0.2, -0.15) is 0 Å². The van der Waals surface area contributed by atoms with Crippen molar-refractivity contribution >= 4 is 10.0 Å². The smallest absolute Gasteiger partial charge is 0.240 e. The van der Waals surface area contributed by atoms with Crippen LogP contribution in [-0.2, 0) is 16.6 Å². The van der Waals surface area contributed by atoms with Crippen molar-refractivity contribution in [1.29, 1.82) is 0 Å². The maximum atomic E-state index is 12.3. The number of methoxy groups -OCH3 is 1. The van der Waals surface area contributed by atoms with Gasteiger partial charge in [0.05, 0.1) is 18.1 Å². The summed E-state index contributed by atoms with van der Waals surface area (Å²) in [5.74, 6) is 1.43. The van der Waals surface area contributed by atoms with E-state index in [0.717, 1.165) is 16.9 Å². The Morgan fingerprint density at radius 2 is 1.75 bits per heavy atom. The van der Waals surface area contributed by atoms with E-state index in [-0.39, 0.29) is 17.5 Å². The van der Waals surface area contributed by atoms with Gasteiger partial charge in [-0.3, -0.25) is 0 Å². The first-order valence-corrected chi connectivity index (χ1v) is 9.20. The summed E-state index contributed by atoms with van der Waals surface area (Å²) in [6.07, 6.45) is 0.100. The third-order valence-corrected chi connectivity index (χ3v) is 4.86. The van der Waals surface area contributed by atoms with Crippen LogP contribution in [0.25, 0.3) is 0 Å². The highest BCUT2D eigenvalue weighted by Crippen LogP contribution is 2.21. The first-order chi connectivity index (χ1) is 11.3. The zero-order valence-electron chi connectivity index (χ0n) is 14.4. The number of aryl methyl sites for hydroxylation is 1. The highest BCUT2D eigenvalue weighted by atomic mass is 32.2. The minimum absolute atomic E-state index is 0.100. The first kappa shape index (κ1) is 18.3. The molecule has 0 saturated heterocycles. The van der Waals surface area contributed by atoms with E-state index in [4.69, 9.17) is 9.47 Å². The molecule has 24 heavy (non-hydrogen) atoms. The van der Waals surface area contributed by atoms with Gasteiger partial charge in [-0.1, -0.05) is 12.1 Å². The van der Waals surface area contributed by atoms with Gasteiger partial charge in [-0.15, -0.1) is 0 Å². The van der Waals surface area contributed by atoms with Gasteiger partial charge in [-0.25, -0.2) is 13.1 Å². The number of sulfonamides is 1. The summed E-state index contributed by atoms with van der Waals surface area (Å²) in [6, 6.07) is 11.9. The average molecular weight is 349 g/mol. The highest BCUT2D eigenvalue weighted by molar-refractivity contribution is 7.89. The molecule has 0 fully saturated rings. The minimum Gasteiger partial charge on any atom is -0.497 e. The van der Waals surface area contributed by atoms with Gasteiger partial charge in [0, 0.05) is 6.54 Å². The Balaban J connectivity index is 2.07. The number of rotatable bonds is 7. The van der Waals surface area contributed by atoms with Crippen LogP contribution in [0.2, 0.25) is 0 Å². The molecule has 0 atom stereocenters.